The Morgan fingerprint density at radius 2 is 1.77 bits per heavy atom. The second kappa shape index (κ2) is 8.95. The molecule has 2 amide bonds. The van der Waals surface area contributed by atoms with Crippen LogP contribution >= 0.6 is 35.0 Å². The van der Waals surface area contributed by atoms with E-state index < -0.39 is 0 Å². The highest BCUT2D eigenvalue weighted by Crippen LogP contribution is 2.42. The Labute approximate surface area is 195 Å². The first-order valence-electron chi connectivity index (χ1n) is 9.70. The van der Waals surface area contributed by atoms with Gasteiger partial charge in [-0.3, -0.25) is 14.5 Å². The molecule has 158 valence electrons. The van der Waals surface area contributed by atoms with Gasteiger partial charge in [-0.05, 0) is 73.0 Å². The number of benzene rings is 3. The van der Waals surface area contributed by atoms with E-state index in [1.165, 1.54) is 6.07 Å². The first-order valence-corrected chi connectivity index (χ1v) is 11.5. The van der Waals surface area contributed by atoms with Crippen LogP contribution in [0.15, 0.2) is 60.7 Å². The molecule has 0 saturated carbocycles. The van der Waals surface area contributed by atoms with Gasteiger partial charge in [0.1, 0.15) is 5.37 Å². The number of amides is 2. The monoisotopic (exact) mass is 470 g/mol. The molecule has 1 aliphatic rings. The molecule has 0 unspecified atom stereocenters. The number of hydrogen-bond donors (Lipinski definition) is 1. The van der Waals surface area contributed by atoms with E-state index in [2.05, 4.69) is 11.4 Å². The van der Waals surface area contributed by atoms with Crippen molar-refractivity contribution in [2.24, 2.45) is 0 Å². The molecule has 1 heterocycles. The summed E-state index contributed by atoms with van der Waals surface area (Å²) in [6, 6.07) is 18.4. The summed E-state index contributed by atoms with van der Waals surface area (Å²) in [5.41, 5.74) is 5.03. The van der Waals surface area contributed by atoms with E-state index in [1.54, 1.807) is 23.9 Å². The lowest BCUT2D eigenvalue weighted by Crippen LogP contribution is -2.28. The maximum Gasteiger partial charge on any atom is 0.257 e. The third-order valence-corrected chi connectivity index (χ3v) is 6.72. The molecule has 0 radical (unpaired) electrons. The first-order chi connectivity index (χ1) is 14.8. The van der Waals surface area contributed by atoms with Crippen LogP contribution in [0, 0.1) is 13.8 Å². The topological polar surface area (TPSA) is 49.4 Å². The van der Waals surface area contributed by atoms with Crippen LogP contribution in [0.2, 0.25) is 10.0 Å². The number of aryl methyl sites for hydroxylation is 2. The zero-order chi connectivity index (χ0) is 22.1. The van der Waals surface area contributed by atoms with E-state index in [0.717, 1.165) is 22.4 Å². The van der Waals surface area contributed by atoms with Gasteiger partial charge in [0.2, 0.25) is 5.91 Å². The highest BCUT2D eigenvalue weighted by molar-refractivity contribution is 8.00. The van der Waals surface area contributed by atoms with Crippen molar-refractivity contribution in [2.75, 3.05) is 16.0 Å². The molecule has 1 N–H and O–H groups in total. The Kier molecular flexibility index (Phi) is 6.28. The predicted molar refractivity (Wildman–Crippen MR) is 129 cm³/mol. The maximum absolute atomic E-state index is 12.7. The lowest BCUT2D eigenvalue weighted by molar-refractivity contribution is -0.115. The molecule has 0 aliphatic carbocycles. The lowest BCUT2D eigenvalue weighted by Gasteiger charge is -2.25. The van der Waals surface area contributed by atoms with Gasteiger partial charge in [-0.15, -0.1) is 11.8 Å². The van der Waals surface area contributed by atoms with Crippen molar-refractivity contribution >= 4 is 58.2 Å². The molecule has 1 aliphatic heterocycles. The lowest BCUT2D eigenvalue weighted by atomic mass is 10.1. The molecular weight excluding hydrogens is 451 g/mol. The molecule has 4 nitrogen and oxygen atoms in total. The van der Waals surface area contributed by atoms with Gasteiger partial charge in [0.15, 0.2) is 0 Å². The SMILES string of the molecule is Cc1cc(C)cc(N2C(=O)CS[C@H]2c2cccc(NC(=O)c3ccc(Cl)cc3Cl)c2)c1. The van der Waals surface area contributed by atoms with E-state index in [-0.39, 0.29) is 17.2 Å². The third kappa shape index (κ3) is 4.74. The molecule has 7 heteroatoms. The van der Waals surface area contributed by atoms with Gasteiger partial charge >= 0.3 is 0 Å². The molecule has 0 spiro atoms. The summed E-state index contributed by atoms with van der Waals surface area (Å²) in [7, 11) is 0. The molecule has 1 saturated heterocycles. The molecule has 1 fully saturated rings. The summed E-state index contributed by atoms with van der Waals surface area (Å²) in [5.74, 6) is 0.164. The van der Waals surface area contributed by atoms with E-state index >= 15 is 0 Å². The van der Waals surface area contributed by atoms with Crippen LogP contribution in [0.1, 0.15) is 32.4 Å². The van der Waals surface area contributed by atoms with Crippen molar-refractivity contribution < 1.29 is 9.59 Å². The van der Waals surface area contributed by atoms with Crippen molar-refractivity contribution in [1.82, 2.24) is 0 Å². The van der Waals surface area contributed by atoms with Gasteiger partial charge in [-0.2, -0.15) is 0 Å². The largest absolute Gasteiger partial charge is 0.322 e. The molecule has 31 heavy (non-hydrogen) atoms. The second-order valence-electron chi connectivity index (χ2n) is 7.48. The van der Waals surface area contributed by atoms with E-state index in [9.17, 15) is 9.59 Å². The molecule has 3 aromatic rings. The fraction of sp³-hybridized carbons (Fsp3) is 0.167. The molecular formula is C24H20Cl2N2O2S. The normalized spacial score (nSPS) is 15.9. The number of rotatable bonds is 4. The van der Waals surface area contributed by atoms with Gasteiger partial charge in [0, 0.05) is 16.4 Å². The fourth-order valence-electron chi connectivity index (χ4n) is 3.68. The van der Waals surface area contributed by atoms with Crippen molar-refractivity contribution in [3.8, 4) is 0 Å². The van der Waals surface area contributed by atoms with Gasteiger partial charge in [-0.1, -0.05) is 41.4 Å². The van der Waals surface area contributed by atoms with Crippen molar-refractivity contribution in [1.29, 1.82) is 0 Å². The van der Waals surface area contributed by atoms with E-state index in [1.807, 2.05) is 55.1 Å². The number of nitrogens with zero attached hydrogens (tertiary/aromatic N) is 1. The van der Waals surface area contributed by atoms with Gasteiger partial charge in [0.05, 0.1) is 16.3 Å². The quantitative estimate of drug-likeness (QED) is 0.464. The fourth-order valence-corrected chi connectivity index (χ4v) is 5.34. The summed E-state index contributed by atoms with van der Waals surface area (Å²) >= 11 is 13.7. The number of carbonyl (C=O) groups is 2. The molecule has 0 aromatic heterocycles. The average Bonchev–Trinajstić information content (AvgIpc) is 3.09. The van der Waals surface area contributed by atoms with Gasteiger partial charge in [-0.25, -0.2) is 0 Å². The van der Waals surface area contributed by atoms with Crippen molar-refractivity contribution in [3.63, 3.8) is 0 Å². The summed E-state index contributed by atoms with van der Waals surface area (Å²) in [6.45, 7) is 4.05. The zero-order valence-corrected chi connectivity index (χ0v) is 19.3. The van der Waals surface area contributed by atoms with Crippen LogP contribution in [0.25, 0.3) is 0 Å². The van der Waals surface area contributed by atoms with Crippen LogP contribution in [0.3, 0.4) is 0 Å². The Morgan fingerprint density at radius 1 is 1.03 bits per heavy atom. The molecule has 1 atom stereocenters. The highest BCUT2D eigenvalue weighted by Gasteiger charge is 2.34. The highest BCUT2D eigenvalue weighted by atomic mass is 35.5. The number of hydrogen-bond acceptors (Lipinski definition) is 3. The Bertz CT molecular complexity index is 1160. The summed E-state index contributed by atoms with van der Waals surface area (Å²) in [5, 5.41) is 3.49. The number of nitrogens with one attached hydrogen (secondary N) is 1. The molecule has 4 rings (SSSR count). The minimum Gasteiger partial charge on any atom is -0.322 e. The molecule has 0 bridgehead atoms. The van der Waals surface area contributed by atoms with Crippen LogP contribution < -0.4 is 10.2 Å². The number of thioether (sulfide) groups is 1. The van der Waals surface area contributed by atoms with Gasteiger partial charge < -0.3 is 5.32 Å². The summed E-state index contributed by atoms with van der Waals surface area (Å²) in [4.78, 5) is 27.2. The minimum absolute atomic E-state index is 0.0717. The minimum atomic E-state index is -0.319. The first kappa shape index (κ1) is 21.8. The van der Waals surface area contributed by atoms with Crippen LogP contribution in [0.5, 0.6) is 0 Å². The summed E-state index contributed by atoms with van der Waals surface area (Å²) < 4.78 is 0. The predicted octanol–water partition coefficient (Wildman–Crippen LogP) is 6.64. The van der Waals surface area contributed by atoms with E-state index in [4.69, 9.17) is 23.2 Å². The van der Waals surface area contributed by atoms with E-state index in [0.29, 0.717) is 27.0 Å². The standard InChI is InChI=1S/C24H20Cl2N2O2S/c1-14-8-15(2)10-19(9-14)28-22(29)13-31-24(28)16-4-3-5-18(11-16)27-23(30)20-7-6-17(25)12-21(20)26/h3-12,24H,13H2,1-2H3,(H,27,30)/t24-/m0/s1. The second-order valence-corrected chi connectivity index (χ2v) is 9.39. The Morgan fingerprint density at radius 3 is 2.48 bits per heavy atom. The zero-order valence-electron chi connectivity index (χ0n) is 17.0. The Hall–Kier alpha value is -2.47. The van der Waals surface area contributed by atoms with Crippen molar-refractivity contribution in [2.45, 2.75) is 19.2 Å². The smallest absolute Gasteiger partial charge is 0.257 e. The van der Waals surface area contributed by atoms with Crippen LogP contribution in [0.4, 0.5) is 11.4 Å². The summed E-state index contributed by atoms with van der Waals surface area (Å²) in [6.07, 6.45) is 0. The van der Waals surface area contributed by atoms with Crippen LogP contribution in [-0.2, 0) is 4.79 Å². The Balaban J connectivity index is 1.61. The maximum atomic E-state index is 12.7. The van der Waals surface area contributed by atoms with Crippen LogP contribution in [-0.4, -0.2) is 17.6 Å². The molecule has 3 aromatic carbocycles. The van der Waals surface area contributed by atoms with Gasteiger partial charge in [0.25, 0.3) is 5.91 Å². The number of anilines is 2. The van der Waals surface area contributed by atoms with Crippen molar-refractivity contribution in [3.05, 3.63) is 93.0 Å². The number of halogens is 2. The average molecular weight is 471 g/mol. The third-order valence-electron chi connectivity index (χ3n) is 4.96. The number of carbonyl (C=O) groups excluding carboxylic acids is 2.